The average molecular weight is 328 g/mol. The molecule has 0 radical (unpaired) electrons. The molecule has 0 bridgehead atoms. The second kappa shape index (κ2) is 6.39. The van der Waals surface area contributed by atoms with Crippen LogP contribution in [-0.4, -0.2) is 37.7 Å². The molecule has 1 saturated heterocycles. The maximum atomic E-state index is 10.5. The molecule has 1 atom stereocenters. The number of aliphatic hydroxyl groups is 1. The number of aliphatic hydroxyl groups excluding tert-OH is 1. The van der Waals surface area contributed by atoms with Gasteiger partial charge in [0.25, 0.3) is 0 Å². The van der Waals surface area contributed by atoms with Crippen LogP contribution in [0.4, 0.5) is 0 Å². The van der Waals surface area contributed by atoms with Crippen LogP contribution in [0.3, 0.4) is 0 Å². The molecule has 3 aromatic heterocycles. The van der Waals surface area contributed by atoms with E-state index in [-0.39, 0.29) is 6.10 Å². The minimum Gasteiger partial charge on any atom is -0.387 e. The monoisotopic (exact) mass is 328 g/mol. The first-order chi connectivity index (χ1) is 11.3. The number of aromatic nitrogens is 3. The molecule has 1 aliphatic rings. The Morgan fingerprint density at radius 2 is 2.17 bits per heavy atom. The number of nitrogens with zero attached hydrogens (tertiary/aromatic N) is 4. The molecule has 1 fully saturated rings. The summed E-state index contributed by atoms with van der Waals surface area (Å²) in [5.74, 6) is 0.368. The topological polar surface area (TPSA) is 53.7 Å². The van der Waals surface area contributed by atoms with E-state index in [9.17, 15) is 5.11 Å². The van der Waals surface area contributed by atoms with Crippen LogP contribution >= 0.6 is 11.3 Å². The SMILES string of the molecule is OC(c1cccs1)C1CCN(Cc2cnn3cccnc23)CC1. The van der Waals surface area contributed by atoms with E-state index in [2.05, 4.69) is 15.0 Å². The Kier molecular flexibility index (Phi) is 4.11. The fourth-order valence-corrected chi connectivity index (χ4v) is 4.15. The van der Waals surface area contributed by atoms with Gasteiger partial charge in [-0.05, 0) is 49.4 Å². The molecule has 1 aliphatic heterocycles. The number of piperidine rings is 1. The fraction of sp³-hybridized carbons (Fsp3) is 0.412. The number of thiophene rings is 1. The Bertz CT molecular complexity index is 762. The first-order valence-corrected chi connectivity index (χ1v) is 8.90. The summed E-state index contributed by atoms with van der Waals surface area (Å²) in [5, 5.41) is 16.9. The maximum Gasteiger partial charge on any atom is 0.159 e. The molecule has 1 unspecified atom stereocenters. The van der Waals surface area contributed by atoms with Crippen molar-refractivity contribution in [1.82, 2.24) is 19.5 Å². The molecule has 6 heteroatoms. The molecule has 0 spiro atoms. The van der Waals surface area contributed by atoms with Crippen molar-refractivity contribution in [1.29, 1.82) is 0 Å². The zero-order chi connectivity index (χ0) is 15.6. The van der Waals surface area contributed by atoms with Crippen molar-refractivity contribution >= 4 is 17.0 Å². The Balaban J connectivity index is 1.38. The van der Waals surface area contributed by atoms with Crippen LogP contribution in [0.25, 0.3) is 5.65 Å². The van der Waals surface area contributed by atoms with Gasteiger partial charge in [-0.25, -0.2) is 9.50 Å². The molecule has 0 aromatic carbocycles. The predicted octanol–water partition coefficient (Wildman–Crippen LogP) is 2.74. The number of hydrogen-bond acceptors (Lipinski definition) is 5. The number of fused-ring (bicyclic) bond motifs is 1. The first-order valence-electron chi connectivity index (χ1n) is 8.02. The quantitative estimate of drug-likeness (QED) is 0.800. The summed E-state index contributed by atoms with van der Waals surface area (Å²) >= 11 is 1.65. The Hall–Kier alpha value is -1.76. The van der Waals surface area contributed by atoms with Gasteiger partial charge in [-0.15, -0.1) is 11.3 Å². The minimum atomic E-state index is -0.309. The maximum absolute atomic E-state index is 10.5. The highest BCUT2D eigenvalue weighted by Gasteiger charge is 2.27. The van der Waals surface area contributed by atoms with E-state index >= 15 is 0 Å². The van der Waals surface area contributed by atoms with Crippen molar-refractivity contribution in [3.63, 3.8) is 0 Å². The van der Waals surface area contributed by atoms with Crippen molar-refractivity contribution in [2.45, 2.75) is 25.5 Å². The molecule has 120 valence electrons. The second-order valence-corrected chi connectivity index (χ2v) is 7.11. The summed E-state index contributed by atoms with van der Waals surface area (Å²) in [7, 11) is 0. The van der Waals surface area contributed by atoms with Crippen LogP contribution in [0.1, 0.15) is 29.4 Å². The third-order valence-electron chi connectivity index (χ3n) is 4.66. The molecular weight excluding hydrogens is 308 g/mol. The van der Waals surface area contributed by atoms with Gasteiger partial charge in [-0.2, -0.15) is 5.10 Å². The largest absolute Gasteiger partial charge is 0.387 e. The molecule has 23 heavy (non-hydrogen) atoms. The van der Waals surface area contributed by atoms with Gasteiger partial charge in [0.2, 0.25) is 0 Å². The fourth-order valence-electron chi connectivity index (χ4n) is 3.35. The van der Waals surface area contributed by atoms with E-state index in [0.29, 0.717) is 5.92 Å². The van der Waals surface area contributed by atoms with Crippen molar-refractivity contribution in [2.75, 3.05) is 13.1 Å². The predicted molar refractivity (Wildman–Crippen MR) is 90.3 cm³/mol. The van der Waals surface area contributed by atoms with Crippen LogP contribution < -0.4 is 0 Å². The molecular formula is C17H20N4OS. The third kappa shape index (κ3) is 3.02. The van der Waals surface area contributed by atoms with Crippen molar-refractivity contribution in [2.24, 2.45) is 5.92 Å². The first kappa shape index (κ1) is 14.8. The van der Waals surface area contributed by atoms with Gasteiger partial charge in [0.05, 0.1) is 12.3 Å². The summed E-state index contributed by atoms with van der Waals surface area (Å²) in [6.45, 7) is 2.90. The van der Waals surface area contributed by atoms with Crippen LogP contribution in [0.2, 0.25) is 0 Å². The molecule has 0 saturated carbocycles. The van der Waals surface area contributed by atoms with Crippen LogP contribution in [0.5, 0.6) is 0 Å². The second-order valence-electron chi connectivity index (χ2n) is 6.13. The summed E-state index contributed by atoms with van der Waals surface area (Å²) in [4.78, 5) is 7.95. The summed E-state index contributed by atoms with van der Waals surface area (Å²) < 4.78 is 1.82. The van der Waals surface area contributed by atoms with E-state index in [1.165, 1.54) is 5.56 Å². The van der Waals surface area contributed by atoms with Gasteiger partial charge >= 0.3 is 0 Å². The van der Waals surface area contributed by atoms with Gasteiger partial charge in [-0.3, -0.25) is 4.90 Å². The molecule has 0 aliphatic carbocycles. The minimum absolute atomic E-state index is 0.309. The lowest BCUT2D eigenvalue weighted by atomic mass is 9.90. The lowest BCUT2D eigenvalue weighted by molar-refractivity contribution is 0.0592. The van der Waals surface area contributed by atoms with E-state index in [1.807, 2.05) is 46.7 Å². The van der Waals surface area contributed by atoms with E-state index in [0.717, 1.165) is 43.0 Å². The van der Waals surface area contributed by atoms with Crippen molar-refractivity contribution < 1.29 is 5.11 Å². The van der Waals surface area contributed by atoms with E-state index in [1.54, 1.807) is 11.3 Å². The van der Waals surface area contributed by atoms with Crippen molar-refractivity contribution in [3.8, 4) is 0 Å². The van der Waals surface area contributed by atoms with E-state index in [4.69, 9.17) is 0 Å². The third-order valence-corrected chi connectivity index (χ3v) is 5.60. The normalized spacial score (nSPS) is 18.5. The zero-order valence-electron chi connectivity index (χ0n) is 12.9. The Morgan fingerprint density at radius 1 is 1.30 bits per heavy atom. The van der Waals surface area contributed by atoms with Gasteiger partial charge < -0.3 is 5.11 Å². The number of hydrogen-bond donors (Lipinski definition) is 1. The Labute approximate surface area is 139 Å². The molecule has 1 N–H and O–H groups in total. The molecule has 0 amide bonds. The lowest BCUT2D eigenvalue weighted by Crippen LogP contribution is -2.35. The smallest absolute Gasteiger partial charge is 0.159 e. The van der Waals surface area contributed by atoms with Crippen molar-refractivity contribution in [3.05, 3.63) is 52.6 Å². The average Bonchev–Trinajstić information content (AvgIpc) is 3.25. The summed E-state index contributed by atoms with van der Waals surface area (Å²) in [5.41, 5.74) is 2.11. The van der Waals surface area contributed by atoms with Crippen LogP contribution in [-0.2, 0) is 6.54 Å². The Morgan fingerprint density at radius 3 is 2.96 bits per heavy atom. The molecule has 5 nitrogen and oxygen atoms in total. The standard InChI is InChI=1S/C17H20N4OS/c22-16(15-3-1-10-23-15)13-4-8-20(9-5-13)12-14-11-19-21-7-2-6-18-17(14)21/h1-3,6-7,10-11,13,16,22H,4-5,8-9,12H2. The summed E-state index contributed by atoms with van der Waals surface area (Å²) in [6.07, 6.45) is 7.40. The molecule has 4 rings (SSSR count). The van der Waals surface area contributed by atoms with E-state index < -0.39 is 0 Å². The van der Waals surface area contributed by atoms with Crippen LogP contribution in [0.15, 0.2) is 42.2 Å². The number of likely N-dealkylation sites (tertiary alicyclic amines) is 1. The zero-order valence-corrected chi connectivity index (χ0v) is 13.7. The highest BCUT2D eigenvalue weighted by atomic mass is 32.1. The molecule has 4 heterocycles. The van der Waals surface area contributed by atoms with Gasteiger partial charge in [0, 0.05) is 29.4 Å². The van der Waals surface area contributed by atoms with Gasteiger partial charge in [0.15, 0.2) is 5.65 Å². The lowest BCUT2D eigenvalue weighted by Gasteiger charge is -2.33. The van der Waals surface area contributed by atoms with Crippen LogP contribution in [0, 0.1) is 5.92 Å². The number of rotatable bonds is 4. The molecule has 3 aromatic rings. The highest BCUT2D eigenvalue weighted by Crippen LogP contribution is 2.33. The van der Waals surface area contributed by atoms with Gasteiger partial charge in [0.1, 0.15) is 0 Å². The van der Waals surface area contributed by atoms with Gasteiger partial charge in [-0.1, -0.05) is 6.07 Å². The summed E-state index contributed by atoms with van der Waals surface area (Å²) in [6, 6.07) is 5.93. The highest BCUT2D eigenvalue weighted by molar-refractivity contribution is 7.10.